The zero-order valence-corrected chi connectivity index (χ0v) is 9.93. The van der Waals surface area contributed by atoms with Crippen LogP contribution in [0.5, 0.6) is 0 Å². The Labute approximate surface area is 103 Å². The zero-order valence-electron chi connectivity index (χ0n) is 9.93. The minimum absolute atomic E-state index is 0.346. The van der Waals surface area contributed by atoms with Gasteiger partial charge >= 0.3 is 6.03 Å². The highest BCUT2D eigenvalue weighted by atomic mass is 16.3. The third-order valence-corrected chi connectivity index (χ3v) is 2.27. The number of hydrogen-bond acceptors (Lipinski definition) is 5. The van der Waals surface area contributed by atoms with Gasteiger partial charge in [-0.2, -0.15) is 0 Å². The van der Waals surface area contributed by atoms with Gasteiger partial charge in [0.15, 0.2) is 6.04 Å². The molecule has 0 aliphatic carbocycles. The fourth-order valence-corrected chi connectivity index (χ4v) is 1.57. The minimum atomic E-state index is -0.790. The van der Waals surface area contributed by atoms with Crippen molar-refractivity contribution in [2.24, 2.45) is 0 Å². The molecule has 1 fully saturated rings. The highest BCUT2D eigenvalue weighted by molar-refractivity contribution is 6.04. The Balaban J connectivity index is 0.000000574. The summed E-state index contributed by atoms with van der Waals surface area (Å²) in [6.07, 6.45) is 2.92. The number of aromatic nitrogens is 2. The third-order valence-electron chi connectivity index (χ3n) is 2.27. The van der Waals surface area contributed by atoms with Crippen LogP contribution in [-0.2, 0) is 4.79 Å². The van der Waals surface area contributed by atoms with Crippen LogP contribution < -0.4 is 10.6 Å². The molecular formula is C11H12N4O3. The first-order valence-corrected chi connectivity index (χ1v) is 5.55. The van der Waals surface area contributed by atoms with Gasteiger partial charge in [-0.3, -0.25) is 10.1 Å². The molecule has 7 nitrogen and oxygen atoms in total. The highest BCUT2D eigenvalue weighted by Gasteiger charge is 2.33. The second-order valence-corrected chi connectivity index (χ2v) is 3.33. The molecule has 3 heterocycles. The summed E-state index contributed by atoms with van der Waals surface area (Å²) in [7, 11) is 0. The van der Waals surface area contributed by atoms with Crippen LogP contribution in [0, 0.1) is 0 Å². The van der Waals surface area contributed by atoms with Gasteiger partial charge in [0.2, 0.25) is 5.71 Å². The molecule has 2 aromatic heterocycles. The monoisotopic (exact) mass is 248 g/mol. The molecule has 0 saturated carbocycles. The van der Waals surface area contributed by atoms with Crippen LogP contribution in [0.2, 0.25) is 0 Å². The molecule has 1 saturated heterocycles. The van der Waals surface area contributed by atoms with Crippen LogP contribution in [0.25, 0.3) is 11.1 Å². The first kappa shape index (κ1) is 12.0. The van der Waals surface area contributed by atoms with E-state index in [0.29, 0.717) is 16.9 Å². The van der Waals surface area contributed by atoms with Crippen molar-refractivity contribution in [1.82, 2.24) is 20.6 Å². The number of furan rings is 1. The van der Waals surface area contributed by atoms with Crippen molar-refractivity contribution in [3.05, 3.63) is 24.4 Å². The van der Waals surface area contributed by atoms with E-state index < -0.39 is 18.0 Å². The molecule has 0 unspecified atom stereocenters. The Morgan fingerprint density at radius 2 is 2.11 bits per heavy atom. The quantitative estimate of drug-likeness (QED) is 0.737. The van der Waals surface area contributed by atoms with Crippen molar-refractivity contribution in [3.8, 4) is 0 Å². The lowest BCUT2D eigenvalue weighted by Gasteiger charge is -2.00. The summed E-state index contributed by atoms with van der Waals surface area (Å²) >= 11 is 0. The predicted molar refractivity (Wildman–Crippen MR) is 62.6 cm³/mol. The summed E-state index contributed by atoms with van der Waals surface area (Å²) in [5.41, 5.74) is 0.388. The van der Waals surface area contributed by atoms with Gasteiger partial charge in [-0.1, -0.05) is 13.8 Å². The maximum absolute atomic E-state index is 11.4. The average molecular weight is 248 g/mol. The molecule has 2 aromatic rings. The molecule has 0 bridgehead atoms. The topological polar surface area (TPSA) is 97.1 Å². The summed E-state index contributed by atoms with van der Waals surface area (Å²) in [5, 5.41) is 5.25. The second-order valence-electron chi connectivity index (χ2n) is 3.33. The lowest BCUT2D eigenvalue weighted by Crippen LogP contribution is -2.22. The number of nitrogens with zero attached hydrogens (tertiary/aromatic N) is 2. The first-order valence-electron chi connectivity index (χ1n) is 5.55. The van der Waals surface area contributed by atoms with Crippen LogP contribution in [0.4, 0.5) is 4.79 Å². The largest absolute Gasteiger partial charge is 0.440 e. The number of carbonyl (C=O) groups is 2. The molecule has 1 atom stereocenters. The van der Waals surface area contributed by atoms with Gasteiger partial charge in [0.25, 0.3) is 5.91 Å². The SMILES string of the molecule is CC.O=C1NC(=O)[C@H](c2cc3cncnc3o2)N1. The molecule has 0 aromatic carbocycles. The van der Waals surface area contributed by atoms with Gasteiger partial charge in [0.1, 0.15) is 12.1 Å². The maximum Gasteiger partial charge on any atom is 0.322 e. The number of carbonyl (C=O) groups excluding carboxylic acids is 2. The van der Waals surface area contributed by atoms with Gasteiger partial charge in [-0.25, -0.2) is 14.8 Å². The van der Waals surface area contributed by atoms with E-state index in [1.165, 1.54) is 6.33 Å². The van der Waals surface area contributed by atoms with Crippen LogP contribution in [0.1, 0.15) is 25.6 Å². The number of urea groups is 1. The number of nitrogens with one attached hydrogen (secondary N) is 2. The fourth-order valence-electron chi connectivity index (χ4n) is 1.57. The number of rotatable bonds is 1. The van der Waals surface area contributed by atoms with Gasteiger partial charge in [-0.05, 0) is 6.07 Å². The summed E-state index contributed by atoms with van der Waals surface area (Å²) in [4.78, 5) is 30.0. The first-order chi connectivity index (χ1) is 8.74. The fraction of sp³-hybridized carbons (Fsp3) is 0.273. The smallest absolute Gasteiger partial charge is 0.322 e. The summed E-state index contributed by atoms with van der Waals surface area (Å²) in [6.45, 7) is 4.00. The molecule has 3 amide bonds. The van der Waals surface area contributed by atoms with Gasteiger partial charge in [-0.15, -0.1) is 0 Å². The van der Waals surface area contributed by atoms with E-state index in [9.17, 15) is 9.59 Å². The van der Waals surface area contributed by atoms with Crippen LogP contribution >= 0.6 is 0 Å². The van der Waals surface area contributed by atoms with Crippen molar-refractivity contribution in [2.75, 3.05) is 0 Å². The normalized spacial score (nSPS) is 18.0. The van der Waals surface area contributed by atoms with E-state index in [2.05, 4.69) is 20.6 Å². The van der Waals surface area contributed by atoms with E-state index in [0.717, 1.165) is 0 Å². The van der Waals surface area contributed by atoms with Crippen LogP contribution in [-0.4, -0.2) is 21.9 Å². The molecule has 2 N–H and O–H groups in total. The number of hydrogen-bond donors (Lipinski definition) is 2. The molecular weight excluding hydrogens is 236 g/mol. The molecule has 7 heteroatoms. The Morgan fingerprint density at radius 3 is 2.72 bits per heavy atom. The summed E-state index contributed by atoms with van der Waals surface area (Å²) < 4.78 is 5.34. The van der Waals surface area contributed by atoms with Crippen molar-refractivity contribution >= 4 is 23.0 Å². The maximum atomic E-state index is 11.4. The Hall–Kier alpha value is -2.44. The molecule has 0 radical (unpaired) electrons. The molecule has 0 spiro atoms. The molecule has 1 aliphatic heterocycles. The minimum Gasteiger partial charge on any atom is -0.440 e. The predicted octanol–water partition coefficient (Wildman–Crippen LogP) is 1.13. The van der Waals surface area contributed by atoms with Crippen LogP contribution in [0.15, 0.2) is 23.0 Å². The Morgan fingerprint density at radius 1 is 1.33 bits per heavy atom. The van der Waals surface area contributed by atoms with E-state index in [1.54, 1.807) is 12.3 Å². The number of fused-ring (bicyclic) bond motifs is 1. The summed E-state index contributed by atoms with van der Waals surface area (Å²) in [6, 6.07) is 0.314. The zero-order chi connectivity index (χ0) is 13.1. The van der Waals surface area contributed by atoms with E-state index in [1.807, 2.05) is 13.8 Å². The lowest BCUT2D eigenvalue weighted by atomic mass is 10.2. The standard InChI is InChI=1S/C9H6N4O3.C2H6/c14-7-6(12-9(15)13-7)5-1-4-2-10-3-11-8(4)16-5;1-2/h1-3,6H,(H2,12,13,14,15);1-2H3/t6-;/m0./s1. The van der Waals surface area contributed by atoms with Crippen molar-refractivity contribution in [3.63, 3.8) is 0 Å². The summed E-state index contributed by atoms with van der Waals surface area (Å²) in [5.74, 6) is -0.0872. The molecule has 94 valence electrons. The van der Waals surface area contributed by atoms with Gasteiger partial charge in [0.05, 0.1) is 5.39 Å². The van der Waals surface area contributed by atoms with Crippen molar-refractivity contribution in [1.29, 1.82) is 0 Å². The lowest BCUT2D eigenvalue weighted by molar-refractivity contribution is -0.120. The van der Waals surface area contributed by atoms with Gasteiger partial charge < -0.3 is 9.73 Å². The van der Waals surface area contributed by atoms with E-state index in [-0.39, 0.29) is 0 Å². The van der Waals surface area contributed by atoms with Gasteiger partial charge in [0, 0.05) is 6.20 Å². The molecule has 1 aliphatic rings. The number of imide groups is 1. The van der Waals surface area contributed by atoms with E-state index >= 15 is 0 Å². The highest BCUT2D eigenvalue weighted by Crippen LogP contribution is 2.23. The Kier molecular flexibility index (Phi) is 3.22. The molecule has 18 heavy (non-hydrogen) atoms. The van der Waals surface area contributed by atoms with Crippen molar-refractivity contribution in [2.45, 2.75) is 19.9 Å². The Bertz CT molecular complexity index is 560. The van der Waals surface area contributed by atoms with Crippen LogP contribution in [0.3, 0.4) is 0 Å². The third kappa shape index (κ3) is 2.02. The number of amides is 3. The second kappa shape index (κ2) is 4.82. The molecule has 3 rings (SSSR count). The van der Waals surface area contributed by atoms with Crippen molar-refractivity contribution < 1.29 is 14.0 Å². The average Bonchev–Trinajstić information content (AvgIpc) is 2.94. The van der Waals surface area contributed by atoms with E-state index in [4.69, 9.17) is 4.42 Å².